The van der Waals surface area contributed by atoms with Gasteiger partial charge in [0.1, 0.15) is 11.6 Å². The van der Waals surface area contributed by atoms with E-state index < -0.39 is 0 Å². The average Bonchev–Trinajstić information content (AvgIpc) is 3.45. The molecule has 0 saturated carbocycles. The molecule has 0 aliphatic carbocycles. The maximum atomic E-state index is 12.7. The predicted octanol–water partition coefficient (Wildman–Crippen LogP) is 2.42. The van der Waals surface area contributed by atoms with Crippen LogP contribution in [0.2, 0.25) is 0 Å². The maximum Gasteiger partial charge on any atom is 0.289 e. The number of carbonyl (C=O) groups is 1. The SMILES string of the molecule is O=C(NCc1ccccc1)c1nnc2n1CC[C@H]1CN(Cc3ccco3)C[C@H]21. The fraction of sp³-hybridized carbons (Fsp3) is 0.381. The van der Waals surface area contributed by atoms with E-state index in [-0.39, 0.29) is 5.91 Å². The number of aromatic nitrogens is 3. The average molecular weight is 377 g/mol. The summed E-state index contributed by atoms with van der Waals surface area (Å²) >= 11 is 0. The number of benzene rings is 1. The molecule has 7 heteroatoms. The van der Waals surface area contributed by atoms with Crippen LogP contribution in [0.15, 0.2) is 53.1 Å². The van der Waals surface area contributed by atoms with Crippen molar-refractivity contribution in [1.29, 1.82) is 0 Å². The summed E-state index contributed by atoms with van der Waals surface area (Å²) in [5, 5.41) is 11.6. The van der Waals surface area contributed by atoms with Gasteiger partial charge in [-0.25, -0.2) is 0 Å². The summed E-state index contributed by atoms with van der Waals surface area (Å²) in [6.45, 7) is 4.07. The molecular weight excluding hydrogens is 354 g/mol. The van der Waals surface area contributed by atoms with E-state index in [0.29, 0.717) is 24.2 Å². The zero-order chi connectivity index (χ0) is 18.9. The van der Waals surface area contributed by atoms with Gasteiger partial charge in [0.15, 0.2) is 0 Å². The van der Waals surface area contributed by atoms with Gasteiger partial charge in [0.25, 0.3) is 5.91 Å². The number of hydrogen-bond acceptors (Lipinski definition) is 5. The van der Waals surface area contributed by atoms with Crippen LogP contribution in [0.4, 0.5) is 0 Å². The molecule has 5 rings (SSSR count). The molecule has 1 aromatic carbocycles. The molecule has 0 bridgehead atoms. The van der Waals surface area contributed by atoms with Gasteiger partial charge in [-0.3, -0.25) is 9.69 Å². The van der Waals surface area contributed by atoms with Crippen LogP contribution >= 0.6 is 0 Å². The van der Waals surface area contributed by atoms with Crippen LogP contribution in [0.25, 0.3) is 0 Å². The largest absolute Gasteiger partial charge is 0.468 e. The summed E-state index contributed by atoms with van der Waals surface area (Å²) in [6.07, 6.45) is 2.76. The molecular formula is C21H23N5O2. The third kappa shape index (κ3) is 3.22. The molecule has 0 unspecified atom stereocenters. The quantitative estimate of drug-likeness (QED) is 0.739. The first kappa shape index (κ1) is 17.2. The Morgan fingerprint density at radius 1 is 1.14 bits per heavy atom. The van der Waals surface area contributed by atoms with Crippen LogP contribution in [-0.4, -0.2) is 38.7 Å². The number of likely N-dealkylation sites (tertiary alicyclic amines) is 1. The van der Waals surface area contributed by atoms with Gasteiger partial charge < -0.3 is 14.3 Å². The molecule has 2 atom stereocenters. The van der Waals surface area contributed by atoms with Crippen LogP contribution in [0.3, 0.4) is 0 Å². The second kappa shape index (κ2) is 7.24. The molecule has 1 saturated heterocycles. The van der Waals surface area contributed by atoms with E-state index in [9.17, 15) is 4.79 Å². The van der Waals surface area contributed by atoms with Gasteiger partial charge >= 0.3 is 0 Å². The summed E-state index contributed by atoms with van der Waals surface area (Å²) in [6, 6.07) is 13.8. The number of nitrogens with zero attached hydrogens (tertiary/aromatic N) is 4. The van der Waals surface area contributed by atoms with Crippen molar-refractivity contribution < 1.29 is 9.21 Å². The number of hydrogen-bond donors (Lipinski definition) is 1. The van der Waals surface area contributed by atoms with E-state index in [1.54, 1.807) is 6.26 Å². The lowest BCUT2D eigenvalue weighted by Crippen LogP contribution is -2.30. The molecule has 28 heavy (non-hydrogen) atoms. The molecule has 2 aromatic heterocycles. The van der Waals surface area contributed by atoms with Gasteiger partial charge in [0, 0.05) is 32.1 Å². The summed E-state index contributed by atoms with van der Waals surface area (Å²) in [4.78, 5) is 15.1. The molecule has 3 aromatic rings. The molecule has 0 radical (unpaired) electrons. The van der Waals surface area contributed by atoms with E-state index in [0.717, 1.165) is 49.7 Å². The number of amides is 1. The van der Waals surface area contributed by atoms with Crippen LogP contribution in [-0.2, 0) is 19.6 Å². The second-order valence-corrected chi connectivity index (χ2v) is 7.63. The predicted molar refractivity (Wildman–Crippen MR) is 102 cm³/mol. The summed E-state index contributed by atoms with van der Waals surface area (Å²) in [7, 11) is 0. The van der Waals surface area contributed by atoms with Crippen LogP contribution < -0.4 is 5.32 Å². The Kier molecular flexibility index (Phi) is 4.44. The number of carbonyl (C=O) groups excluding carboxylic acids is 1. The molecule has 7 nitrogen and oxygen atoms in total. The van der Waals surface area contributed by atoms with Crippen molar-refractivity contribution >= 4 is 5.91 Å². The first-order chi connectivity index (χ1) is 13.8. The first-order valence-corrected chi connectivity index (χ1v) is 9.78. The summed E-state index contributed by atoms with van der Waals surface area (Å²) in [5.41, 5.74) is 1.07. The molecule has 1 amide bonds. The molecule has 144 valence electrons. The van der Waals surface area contributed by atoms with Crippen molar-refractivity contribution in [2.45, 2.75) is 32.0 Å². The van der Waals surface area contributed by atoms with E-state index >= 15 is 0 Å². The van der Waals surface area contributed by atoms with Crippen molar-refractivity contribution in [2.75, 3.05) is 13.1 Å². The number of rotatable bonds is 5. The zero-order valence-electron chi connectivity index (χ0n) is 15.6. The normalized spacial score (nSPS) is 21.3. The minimum Gasteiger partial charge on any atom is -0.468 e. The molecule has 4 heterocycles. The number of nitrogens with one attached hydrogen (secondary N) is 1. The van der Waals surface area contributed by atoms with Gasteiger partial charge in [0.05, 0.1) is 12.8 Å². The maximum absolute atomic E-state index is 12.7. The third-order valence-corrected chi connectivity index (χ3v) is 5.81. The minimum absolute atomic E-state index is 0.161. The molecule has 0 spiro atoms. The smallest absolute Gasteiger partial charge is 0.289 e. The van der Waals surface area contributed by atoms with E-state index in [2.05, 4.69) is 20.4 Å². The van der Waals surface area contributed by atoms with E-state index in [1.807, 2.05) is 47.0 Å². The summed E-state index contributed by atoms with van der Waals surface area (Å²) < 4.78 is 7.50. The zero-order valence-corrected chi connectivity index (χ0v) is 15.6. The number of fused-ring (bicyclic) bond motifs is 3. The highest BCUT2D eigenvalue weighted by atomic mass is 16.3. The Labute approximate surface area is 163 Å². The monoisotopic (exact) mass is 377 g/mol. The lowest BCUT2D eigenvalue weighted by Gasteiger charge is -2.25. The minimum atomic E-state index is -0.161. The lowest BCUT2D eigenvalue weighted by atomic mass is 9.89. The van der Waals surface area contributed by atoms with Gasteiger partial charge in [-0.05, 0) is 30.0 Å². The highest BCUT2D eigenvalue weighted by molar-refractivity contribution is 5.90. The summed E-state index contributed by atoms with van der Waals surface area (Å²) in [5.74, 6) is 3.09. The lowest BCUT2D eigenvalue weighted by molar-refractivity contribution is 0.0933. The highest BCUT2D eigenvalue weighted by Gasteiger charge is 2.40. The molecule has 2 aliphatic rings. The van der Waals surface area contributed by atoms with Crippen molar-refractivity contribution in [3.8, 4) is 0 Å². The standard InChI is InChI=1S/C21H23N5O2/c27-21(22-11-15-5-2-1-3-6-15)20-24-23-19-18-14-25(13-17-7-4-10-28-17)12-16(18)8-9-26(19)20/h1-7,10,16,18H,8-9,11-14H2,(H,22,27)/t16-,18-/m0/s1. The number of furan rings is 1. The Hall–Kier alpha value is -2.93. The van der Waals surface area contributed by atoms with Gasteiger partial charge in [0.2, 0.25) is 5.82 Å². The third-order valence-electron chi connectivity index (χ3n) is 5.81. The second-order valence-electron chi connectivity index (χ2n) is 7.63. The first-order valence-electron chi connectivity index (χ1n) is 9.78. The van der Waals surface area contributed by atoms with E-state index in [1.165, 1.54) is 0 Å². The van der Waals surface area contributed by atoms with Crippen molar-refractivity contribution in [3.63, 3.8) is 0 Å². The topological polar surface area (TPSA) is 76.2 Å². The Morgan fingerprint density at radius 3 is 2.86 bits per heavy atom. The Morgan fingerprint density at radius 2 is 2.04 bits per heavy atom. The van der Waals surface area contributed by atoms with Crippen molar-refractivity contribution in [2.24, 2.45) is 5.92 Å². The van der Waals surface area contributed by atoms with Gasteiger partial charge in [-0.15, -0.1) is 10.2 Å². The van der Waals surface area contributed by atoms with Crippen molar-refractivity contribution in [3.05, 3.63) is 71.7 Å². The van der Waals surface area contributed by atoms with Crippen molar-refractivity contribution in [1.82, 2.24) is 25.0 Å². The Balaban J connectivity index is 1.28. The van der Waals surface area contributed by atoms with Gasteiger partial charge in [-0.2, -0.15) is 0 Å². The molecule has 1 N–H and O–H groups in total. The fourth-order valence-corrected chi connectivity index (χ4v) is 4.43. The molecule has 2 aliphatic heterocycles. The van der Waals surface area contributed by atoms with Crippen LogP contribution in [0.5, 0.6) is 0 Å². The highest BCUT2D eigenvalue weighted by Crippen LogP contribution is 2.38. The Bertz CT molecular complexity index is 951. The molecule has 1 fully saturated rings. The fourth-order valence-electron chi connectivity index (χ4n) is 4.43. The van der Waals surface area contributed by atoms with E-state index in [4.69, 9.17) is 4.42 Å². The van der Waals surface area contributed by atoms with Gasteiger partial charge in [-0.1, -0.05) is 30.3 Å². The van der Waals surface area contributed by atoms with Crippen LogP contribution in [0, 0.1) is 5.92 Å². The van der Waals surface area contributed by atoms with Crippen LogP contribution in [0.1, 0.15) is 40.1 Å².